The number of hydrogen-bond donors (Lipinski definition) is 0. The normalized spacial score (nSPS) is 20.1. The quantitative estimate of drug-likeness (QED) is 0.830. The van der Waals surface area contributed by atoms with Crippen LogP contribution in [0.2, 0.25) is 0 Å². The Morgan fingerprint density at radius 3 is 2.63 bits per heavy atom. The van der Waals surface area contributed by atoms with Gasteiger partial charge in [-0.25, -0.2) is 4.98 Å². The largest absolute Gasteiger partial charge is 0.377 e. The molecule has 0 radical (unpaired) electrons. The smallest absolute Gasteiger partial charge is 0.259 e. The Kier molecular flexibility index (Phi) is 5.02. The van der Waals surface area contributed by atoms with Crippen LogP contribution in [0.25, 0.3) is 0 Å². The van der Waals surface area contributed by atoms with E-state index in [-0.39, 0.29) is 11.7 Å². The summed E-state index contributed by atoms with van der Waals surface area (Å²) in [5.41, 5.74) is 3.93. The van der Waals surface area contributed by atoms with Crippen LogP contribution < -0.4 is 10.5 Å². The van der Waals surface area contributed by atoms with Crippen molar-refractivity contribution in [3.63, 3.8) is 0 Å². The number of anilines is 2. The van der Waals surface area contributed by atoms with Crippen molar-refractivity contribution in [1.29, 1.82) is 0 Å². The van der Waals surface area contributed by atoms with Crippen molar-refractivity contribution in [1.82, 2.24) is 14.5 Å². The first-order valence-corrected chi connectivity index (χ1v) is 9.85. The van der Waals surface area contributed by atoms with Gasteiger partial charge in [0.05, 0.1) is 19.4 Å². The summed E-state index contributed by atoms with van der Waals surface area (Å²) in [5, 5.41) is 0. The number of aryl methyl sites for hydroxylation is 2. The molecule has 2 aromatic rings. The number of hydrogen-bond acceptors (Lipinski definition) is 5. The lowest BCUT2D eigenvalue weighted by molar-refractivity contribution is 0.0584. The number of benzene rings is 1. The Morgan fingerprint density at radius 2 is 1.96 bits per heavy atom. The van der Waals surface area contributed by atoms with Crippen LogP contribution in [0.5, 0.6) is 0 Å². The lowest BCUT2D eigenvalue weighted by Crippen LogP contribution is -2.49. The Balaban J connectivity index is 1.72. The maximum absolute atomic E-state index is 12.9. The van der Waals surface area contributed by atoms with E-state index in [2.05, 4.69) is 41.0 Å². The van der Waals surface area contributed by atoms with Crippen molar-refractivity contribution in [2.75, 3.05) is 24.7 Å². The zero-order valence-electron chi connectivity index (χ0n) is 16.4. The van der Waals surface area contributed by atoms with E-state index in [1.807, 2.05) is 13.8 Å². The molecule has 0 bridgehead atoms. The SMILES string of the molecule is CCc1ccc(N2CN(CC3CCCO3)Cn3c2nc(C)c(C)c3=O)cc1. The van der Waals surface area contributed by atoms with E-state index < -0.39 is 0 Å². The molecule has 2 aliphatic heterocycles. The third-order valence-electron chi connectivity index (χ3n) is 5.68. The average Bonchev–Trinajstić information content (AvgIpc) is 3.19. The summed E-state index contributed by atoms with van der Waals surface area (Å²) in [5.74, 6) is 0.732. The molecule has 0 saturated carbocycles. The van der Waals surface area contributed by atoms with E-state index in [0.717, 1.165) is 55.3 Å². The number of aromatic nitrogens is 2. The number of fused-ring (bicyclic) bond motifs is 1. The fourth-order valence-electron chi connectivity index (χ4n) is 3.88. The van der Waals surface area contributed by atoms with E-state index >= 15 is 0 Å². The van der Waals surface area contributed by atoms with Crippen molar-refractivity contribution in [3.8, 4) is 0 Å². The van der Waals surface area contributed by atoms with Gasteiger partial charge in [-0.1, -0.05) is 19.1 Å². The number of ether oxygens (including phenoxy) is 1. The van der Waals surface area contributed by atoms with Gasteiger partial charge in [0.15, 0.2) is 0 Å². The molecule has 3 heterocycles. The molecule has 1 saturated heterocycles. The summed E-state index contributed by atoms with van der Waals surface area (Å²) in [7, 11) is 0. The van der Waals surface area contributed by atoms with Crippen LogP contribution in [0.4, 0.5) is 11.6 Å². The summed E-state index contributed by atoms with van der Waals surface area (Å²) in [6.45, 7) is 8.87. The fourth-order valence-corrected chi connectivity index (χ4v) is 3.88. The molecular formula is C21H28N4O2. The maximum atomic E-state index is 12.9. The molecule has 1 unspecified atom stereocenters. The minimum absolute atomic E-state index is 0.0460. The second-order valence-corrected chi connectivity index (χ2v) is 7.57. The molecule has 4 rings (SSSR count). The molecule has 6 heteroatoms. The van der Waals surface area contributed by atoms with Crippen molar-refractivity contribution in [2.24, 2.45) is 0 Å². The van der Waals surface area contributed by atoms with Gasteiger partial charge in [0.1, 0.15) is 0 Å². The van der Waals surface area contributed by atoms with E-state index in [0.29, 0.717) is 13.3 Å². The van der Waals surface area contributed by atoms with Gasteiger partial charge in [0.25, 0.3) is 5.56 Å². The standard InChI is InChI=1S/C21H28N4O2/c1-4-17-7-9-18(10-8-17)24-13-23(12-19-6-5-11-27-19)14-25-20(26)15(2)16(3)22-21(24)25/h7-10,19H,4-6,11-14H2,1-3H3. The third-order valence-corrected chi connectivity index (χ3v) is 5.68. The minimum atomic E-state index is 0.0460. The van der Waals surface area contributed by atoms with Crippen molar-refractivity contribution >= 4 is 11.6 Å². The van der Waals surface area contributed by atoms with E-state index in [1.54, 1.807) is 4.57 Å². The minimum Gasteiger partial charge on any atom is -0.377 e. The summed E-state index contributed by atoms with van der Waals surface area (Å²) >= 11 is 0. The average molecular weight is 368 g/mol. The van der Waals surface area contributed by atoms with Crippen LogP contribution >= 0.6 is 0 Å². The molecular weight excluding hydrogens is 340 g/mol. The van der Waals surface area contributed by atoms with Gasteiger partial charge in [0, 0.05) is 30.1 Å². The number of nitrogens with zero attached hydrogens (tertiary/aromatic N) is 4. The van der Waals surface area contributed by atoms with Crippen molar-refractivity contribution in [2.45, 2.75) is 52.8 Å². The predicted molar refractivity (Wildman–Crippen MR) is 106 cm³/mol. The van der Waals surface area contributed by atoms with E-state index in [1.165, 1.54) is 5.56 Å². The maximum Gasteiger partial charge on any atom is 0.259 e. The molecule has 0 spiro atoms. The van der Waals surface area contributed by atoms with Crippen LogP contribution in [0.1, 0.15) is 36.6 Å². The number of rotatable bonds is 4. The zero-order chi connectivity index (χ0) is 19.0. The molecule has 1 aromatic heterocycles. The molecule has 1 aromatic carbocycles. The highest BCUT2D eigenvalue weighted by molar-refractivity contribution is 5.58. The first-order valence-electron chi connectivity index (χ1n) is 9.85. The van der Waals surface area contributed by atoms with E-state index in [9.17, 15) is 4.79 Å². The molecule has 144 valence electrons. The van der Waals surface area contributed by atoms with Crippen LogP contribution in [-0.2, 0) is 17.8 Å². The second kappa shape index (κ2) is 7.44. The Bertz CT molecular complexity index is 869. The highest BCUT2D eigenvalue weighted by atomic mass is 16.5. The molecule has 6 nitrogen and oxygen atoms in total. The van der Waals surface area contributed by atoms with Gasteiger partial charge >= 0.3 is 0 Å². The van der Waals surface area contributed by atoms with Crippen LogP contribution in [-0.4, -0.2) is 40.4 Å². The Labute approximate surface area is 160 Å². The third kappa shape index (κ3) is 3.51. The van der Waals surface area contributed by atoms with Crippen molar-refractivity contribution < 1.29 is 4.74 Å². The summed E-state index contributed by atoms with van der Waals surface area (Å²) in [6, 6.07) is 8.55. The van der Waals surface area contributed by atoms with Gasteiger partial charge in [0.2, 0.25) is 5.95 Å². The molecule has 0 N–H and O–H groups in total. The van der Waals surface area contributed by atoms with Gasteiger partial charge in [-0.15, -0.1) is 0 Å². The second-order valence-electron chi connectivity index (χ2n) is 7.57. The van der Waals surface area contributed by atoms with Crippen LogP contribution in [0.3, 0.4) is 0 Å². The van der Waals surface area contributed by atoms with Gasteiger partial charge in [-0.2, -0.15) is 0 Å². The summed E-state index contributed by atoms with van der Waals surface area (Å²) in [6.07, 6.45) is 3.48. The molecule has 2 aliphatic rings. The lowest BCUT2D eigenvalue weighted by atomic mass is 10.1. The highest BCUT2D eigenvalue weighted by Crippen LogP contribution is 2.28. The summed E-state index contributed by atoms with van der Waals surface area (Å²) < 4.78 is 7.62. The lowest BCUT2D eigenvalue weighted by Gasteiger charge is -2.39. The predicted octanol–water partition coefficient (Wildman–Crippen LogP) is 2.97. The molecule has 1 fully saturated rings. The molecule has 1 atom stereocenters. The molecule has 27 heavy (non-hydrogen) atoms. The van der Waals surface area contributed by atoms with Gasteiger partial charge < -0.3 is 4.74 Å². The zero-order valence-corrected chi connectivity index (χ0v) is 16.4. The van der Waals surface area contributed by atoms with Gasteiger partial charge in [-0.05, 0) is 50.8 Å². The molecule has 0 amide bonds. The monoisotopic (exact) mass is 368 g/mol. The first kappa shape index (κ1) is 18.2. The summed E-state index contributed by atoms with van der Waals surface area (Å²) in [4.78, 5) is 22.1. The molecule has 0 aliphatic carbocycles. The highest BCUT2D eigenvalue weighted by Gasteiger charge is 2.29. The van der Waals surface area contributed by atoms with Gasteiger partial charge in [-0.3, -0.25) is 19.2 Å². The van der Waals surface area contributed by atoms with Crippen LogP contribution in [0.15, 0.2) is 29.1 Å². The van der Waals surface area contributed by atoms with Crippen LogP contribution in [0, 0.1) is 13.8 Å². The Morgan fingerprint density at radius 1 is 1.19 bits per heavy atom. The van der Waals surface area contributed by atoms with E-state index in [4.69, 9.17) is 9.72 Å². The topological polar surface area (TPSA) is 50.6 Å². The fraction of sp³-hybridized carbons (Fsp3) is 0.524. The Hall–Kier alpha value is -2.18. The van der Waals surface area contributed by atoms with Crippen molar-refractivity contribution in [3.05, 3.63) is 51.4 Å². The first-order chi connectivity index (χ1) is 13.1.